The Morgan fingerprint density at radius 2 is 1.71 bits per heavy atom. The lowest BCUT2D eigenvalue weighted by atomic mass is 9.92. The second-order valence-corrected chi connectivity index (χ2v) is 7.84. The third kappa shape index (κ3) is 6.17. The number of ether oxygens (including phenoxy) is 1. The highest BCUT2D eigenvalue weighted by atomic mass is 35.5. The molecule has 1 amide bonds. The van der Waals surface area contributed by atoms with E-state index in [0.717, 1.165) is 51.5 Å². The summed E-state index contributed by atoms with van der Waals surface area (Å²) in [4.78, 5) is 16.8. The average Bonchev–Trinajstić information content (AvgIpc) is 2.51. The van der Waals surface area contributed by atoms with Crippen molar-refractivity contribution in [1.82, 2.24) is 9.80 Å². The molecule has 2 heterocycles. The molecule has 0 aliphatic carbocycles. The van der Waals surface area contributed by atoms with Gasteiger partial charge in [-0.2, -0.15) is 0 Å². The molecule has 0 spiro atoms. The molecule has 2 saturated heterocycles. The van der Waals surface area contributed by atoms with Crippen LogP contribution in [0.15, 0.2) is 0 Å². The van der Waals surface area contributed by atoms with E-state index >= 15 is 0 Å². The molecule has 2 fully saturated rings. The molecule has 24 heavy (non-hydrogen) atoms. The Kier molecular flexibility index (Phi) is 8.99. The number of halogens is 1. The number of nitrogens with zero attached hydrogens (tertiary/aromatic N) is 2. The Morgan fingerprint density at radius 3 is 2.21 bits per heavy atom. The lowest BCUT2D eigenvalue weighted by Gasteiger charge is -2.38. The number of hydrogen-bond acceptors (Lipinski definition) is 4. The molecule has 2 unspecified atom stereocenters. The minimum Gasteiger partial charge on any atom is -0.373 e. The van der Waals surface area contributed by atoms with Crippen LogP contribution in [0.2, 0.25) is 0 Å². The summed E-state index contributed by atoms with van der Waals surface area (Å²) in [5.41, 5.74) is 6.00. The topological polar surface area (TPSA) is 58.8 Å². The van der Waals surface area contributed by atoms with Crippen LogP contribution in [-0.4, -0.2) is 66.7 Å². The smallest absolute Gasteiger partial charge is 0.239 e. The molecule has 0 aromatic carbocycles. The molecular weight excluding hydrogens is 326 g/mol. The minimum absolute atomic E-state index is 0. The fourth-order valence-corrected chi connectivity index (χ4v) is 3.77. The van der Waals surface area contributed by atoms with Crippen molar-refractivity contribution >= 4 is 18.3 Å². The van der Waals surface area contributed by atoms with Gasteiger partial charge in [-0.25, -0.2) is 0 Å². The zero-order valence-electron chi connectivity index (χ0n) is 15.7. The maximum absolute atomic E-state index is 12.3. The van der Waals surface area contributed by atoms with Gasteiger partial charge in [0.25, 0.3) is 0 Å². The van der Waals surface area contributed by atoms with Crippen LogP contribution in [0, 0.1) is 11.8 Å². The van der Waals surface area contributed by atoms with Crippen LogP contribution in [0.1, 0.15) is 47.0 Å². The van der Waals surface area contributed by atoms with Crippen molar-refractivity contribution in [3.05, 3.63) is 0 Å². The van der Waals surface area contributed by atoms with Crippen LogP contribution in [-0.2, 0) is 9.53 Å². The number of hydrogen-bond donors (Lipinski definition) is 1. The van der Waals surface area contributed by atoms with Crippen molar-refractivity contribution in [1.29, 1.82) is 0 Å². The first-order valence-corrected chi connectivity index (χ1v) is 9.29. The molecule has 0 aromatic rings. The molecule has 0 bridgehead atoms. The lowest BCUT2D eigenvalue weighted by molar-refractivity contribution is -0.135. The molecule has 6 heteroatoms. The van der Waals surface area contributed by atoms with Gasteiger partial charge in [0, 0.05) is 26.2 Å². The maximum atomic E-state index is 12.3. The summed E-state index contributed by atoms with van der Waals surface area (Å²) in [6.45, 7) is 13.3. The van der Waals surface area contributed by atoms with Crippen LogP contribution in [0.25, 0.3) is 0 Å². The zero-order valence-corrected chi connectivity index (χ0v) is 16.6. The second-order valence-electron chi connectivity index (χ2n) is 7.84. The van der Waals surface area contributed by atoms with E-state index in [9.17, 15) is 4.79 Å². The maximum Gasteiger partial charge on any atom is 0.239 e. The van der Waals surface area contributed by atoms with Crippen molar-refractivity contribution in [2.24, 2.45) is 17.6 Å². The van der Waals surface area contributed by atoms with Gasteiger partial charge in [0.1, 0.15) is 0 Å². The number of nitrogens with two attached hydrogens (primary N) is 1. The van der Waals surface area contributed by atoms with E-state index in [4.69, 9.17) is 10.5 Å². The lowest BCUT2D eigenvalue weighted by Crippen LogP contribution is -2.49. The first-order chi connectivity index (χ1) is 10.9. The van der Waals surface area contributed by atoms with Gasteiger partial charge in [-0.3, -0.25) is 9.69 Å². The SMILES string of the molecule is CC1CN(CCC2CCN(C(=O)[C@@H](N)C(C)C)CC2)CC(C)O1.Cl. The van der Waals surface area contributed by atoms with Gasteiger partial charge < -0.3 is 15.4 Å². The quantitative estimate of drug-likeness (QED) is 0.815. The van der Waals surface area contributed by atoms with Crippen molar-refractivity contribution in [3.8, 4) is 0 Å². The highest BCUT2D eigenvalue weighted by Crippen LogP contribution is 2.22. The van der Waals surface area contributed by atoms with E-state index in [-0.39, 0.29) is 30.3 Å². The number of likely N-dealkylation sites (tertiary alicyclic amines) is 1. The van der Waals surface area contributed by atoms with Crippen LogP contribution < -0.4 is 5.73 Å². The number of carbonyl (C=O) groups excluding carboxylic acids is 1. The Bertz CT molecular complexity index is 376. The van der Waals surface area contributed by atoms with E-state index in [2.05, 4.69) is 18.7 Å². The van der Waals surface area contributed by atoms with Crippen LogP contribution >= 0.6 is 12.4 Å². The summed E-state index contributed by atoms with van der Waals surface area (Å²) in [5, 5.41) is 0. The number of morpholine rings is 1. The van der Waals surface area contributed by atoms with E-state index < -0.39 is 0 Å². The fourth-order valence-electron chi connectivity index (χ4n) is 3.77. The van der Waals surface area contributed by atoms with Gasteiger partial charge in [-0.05, 0) is 51.5 Å². The molecule has 0 radical (unpaired) electrons. The van der Waals surface area contributed by atoms with Crippen LogP contribution in [0.4, 0.5) is 0 Å². The Hall–Kier alpha value is -0.360. The van der Waals surface area contributed by atoms with E-state index in [1.165, 1.54) is 6.42 Å². The fraction of sp³-hybridized carbons (Fsp3) is 0.944. The highest BCUT2D eigenvalue weighted by Gasteiger charge is 2.28. The molecule has 0 aromatic heterocycles. The summed E-state index contributed by atoms with van der Waals surface area (Å²) in [6.07, 6.45) is 4.15. The largest absolute Gasteiger partial charge is 0.373 e. The monoisotopic (exact) mass is 361 g/mol. The normalized spacial score (nSPS) is 27.8. The van der Waals surface area contributed by atoms with Gasteiger partial charge in [0.15, 0.2) is 0 Å². The molecule has 3 atom stereocenters. The summed E-state index contributed by atoms with van der Waals surface area (Å²) >= 11 is 0. The van der Waals surface area contributed by atoms with E-state index in [1.807, 2.05) is 18.7 Å². The van der Waals surface area contributed by atoms with Crippen LogP contribution in [0.3, 0.4) is 0 Å². The summed E-state index contributed by atoms with van der Waals surface area (Å²) in [7, 11) is 0. The number of rotatable bonds is 5. The molecule has 2 rings (SSSR count). The van der Waals surface area contributed by atoms with Gasteiger partial charge in [-0.1, -0.05) is 13.8 Å². The van der Waals surface area contributed by atoms with Gasteiger partial charge >= 0.3 is 0 Å². The van der Waals surface area contributed by atoms with Crippen LogP contribution in [0.5, 0.6) is 0 Å². The third-order valence-electron chi connectivity index (χ3n) is 5.28. The van der Waals surface area contributed by atoms with Gasteiger partial charge in [0.2, 0.25) is 5.91 Å². The van der Waals surface area contributed by atoms with Crippen molar-refractivity contribution in [3.63, 3.8) is 0 Å². The Morgan fingerprint density at radius 1 is 1.17 bits per heavy atom. The minimum atomic E-state index is -0.345. The summed E-state index contributed by atoms with van der Waals surface area (Å²) in [5.74, 6) is 1.09. The van der Waals surface area contributed by atoms with Crippen molar-refractivity contribution in [2.45, 2.75) is 65.2 Å². The number of piperidine rings is 1. The standard InChI is InChI=1S/C18H35N3O2.ClH/c1-13(2)17(19)18(22)21-9-6-16(7-10-21)5-8-20-11-14(3)23-15(4)12-20;/h13-17H,5-12,19H2,1-4H3;1H/t14?,15?,17-;/m0./s1. The third-order valence-corrected chi connectivity index (χ3v) is 5.28. The van der Waals surface area contributed by atoms with Crippen molar-refractivity contribution < 1.29 is 9.53 Å². The molecular formula is C18H36ClN3O2. The predicted molar refractivity (Wildman–Crippen MR) is 100 cm³/mol. The van der Waals surface area contributed by atoms with E-state index in [0.29, 0.717) is 12.2 Å². The van der Waals surface area contributed by atoms with Crippen molar-refractivity contribution in [2.75, 3.05) is 32.7 Å². The number of carbonyl (C=O) groups is 1. The van der Waals surface area contributed by atoms with Gasteiger partial charge in [0.05, 0.1) is 18.2 Å². The Balaban J connectivity index is 0.00000288. The summed E-state index contributed by atoms with van der Waals surface area (Å²) < 4.78 is 5.79. The molecule has 0 saturated carbocycles. The molecule has 5 nitrogen and oxygen atoms in total. The Labute approximate surface area is 153 Å². The van der Waals surface area contributed by atoms with E-state index in [1.54, 1.807) is 0 Å². The second kappa shape index (κ2) is 9.95. The molecule has 2 aliphatic heterocycles. The highest BCUT2D eigenvalue weighted by molar-refractivity contribution is 5.85. The number of amides is 1. The molecule has 142 valence electrons. The molecule has 2 aliphatic rings. The average molecular weight is 362 g/mol. The van der Waals surface area contributed by atoms with Gasteiger partial charge in [-0.15, -0.1) is 12.4 Å². The zero-order chi connectivity index (χ0) is 17.0. The first-order valence-electron chi connectivity index (χ1n) is 9.29. The first kappa shape index (κ1) is 21.7. The molecule has 2 N–H and O–H groups in total. The summed E-state index contributed by atoms with van der Waals surface area (Å²) in [6, 6.07) is -0.345. The predicted octanol–water partition coefficient (Wildman–Crippen LogP) is 2.13.